The van der Waals surface area contributed by atoms with Crippen molar-refractivity contribution < 1.29 is 19.5 Å². The van der Waals surface area contributed by atoms with Crippen LogP contribution in [0, 0.1) is 6.92 Å². The van der Waals surface area contributed by atoms with Crippen molar-refractivity contribution in [3.63, 3.8) is 0 Å². The number of pyridine rings is 1. The van der Waals surface area contributed by atoms with Gasteiger partial charge in [0.05, 0.1) is 0 Å². The maximum atomic E-state index is 10.9. The molecule has 0 aliphatic heterocycles. The van der Waals surface area contributed by atoms with Crippen LogP contribution in [0.3, 0.4) is 0 Å². The minimum Gasteiger partial charge on any atom is -0.479 e. The Labute approximate surface area is 91.2 Å². The fourth-order valence-electron chi connectivity index (χ4n) is 1.03. The van der Waals surface area contributed by atoms with Gasteiger partial charge in [0.1, 0.15) is 0 Å². The highest BCUT2D eigenvalue weighted by atomic mass is 16.7. The molecule has 0 atom stereocenters. The van der Waals surface area contributed by atoms with E-state index in [1.165, 1.54) is 12.1 Å². The van der Waals surface area contributed by atoms with Gasteiger partial charge in [0.25, 0.3) is 0 Å². The Morgan fingerprint density at radius 1 is 1.56 bits per heavy atom. The number of rotatable bonds is 5. The fourth-order valence-corrected chi connectivity index (χ4v) is 1.03. The van der Waals surface area contributed by atoms with Crippen molar-refractivity contribution in [2.45, 2.75) is 6.92 Å². The van der Waals surface area contributed by atoms with Gasteiger partial charge in [-0.05, 0) is 19.1 Å². The molecule has 7 heteroatoms. The third-order valence-corrected chi connectivity index (χ3v) is 1.61. The minimum absolute atomic E-state index is 0.232. The maximum Gasteiger partial charge on any atom is 0.332 e. The Balaban J connectivity index is 2.72. The highest BCUT2D eigenvalue weighted by molar-refractivity contribution is 5.93. The number of hydrogen-bond donors (Lipinski definition) is 3. The van der Waals surface area contributed by atoms with Gasteiger partial charge in [-0.2, -0.15) is 0 Å². The molecule has 0 fully saturated rings. The summed E-state index contributed by atoms with van der Waals surface area (Å²) in [5.41, 5.74) is 8.25. The molecule has 1 aromatic heterocycles. The predicted molar refractivity (Wildman–Crippen MR) is 54.7 cm³/mol. The van der Waals surface area contributed by atoms with Gasteiger partial charge >= 0.3 is 5.97 Å². The molecular formula is C9H11N3O4. The quantitative estimate of drug-likeness (QED) is 0.603. The molecule has 0 unspecified atom stereocenters. The summed E-state index contributed by atoms with van der Waals surface area (Å²) in [6, 6.07) is 2.89. The first kappa shape index (κ1) is 11.9. The summed E-state index contributed by atoms with van der Waals surface area (Å²) in [5, 5.41) is 8.33. The second-order valence-electron chi connectivity index (χ2n) is 3.03. The molecule has 4 N–H and O–H groups in total. The number of carboxylic acids is 1. The minimum atomic E-state index is -1.12. The highest BCUT2D eigenvalue weighted by Crippen LogP contribution is 2.09. The smallest absolute Gasteiger partial charge is 0.332 e. The number of nitrogens with zero attached hydrogens (tertiary/aromatic N) is 1. The van der Waals surface area contributed by atoms with E-state index in [1.54, 1.807) is 6.92 Å². The lowest BCUT2D eigenvalue weighted by Gasteiger charge is -2.06. The summed E-state index contributed by atoms with van der Waals surface area (Å²) in [5.74, 6) is -1.47. The van der Waals surface area contributed by atoms with Gasteiger partial charge in [0.2, 0.25) is 5.91 Å². The number of carboxylic acid groups (broad SMARTS) is 1. The van der Waals surface area contributed by atoms with E-state index in [0.29, 0.717) is 5.69 Å². The summed E-state index contributed by atoms with van der Waals surface area (Å²) in [6.45, 7) is 1.16. The maximum absolute atomic E-state index is 10.9. The zero-order valence-electron chi connectivity index (χ0n) is 8.56. The van der Waals surface area contributed by atoms with Crippen LogP contribution in [0.25, 0.3) is 0 Å². The summed E-state index contributed by atoms with van der Waals surface area (Å²) < 4.78 is 0. The van der Waals surface area contributed by atoms with E-state index in [-0.39, 0.29) is 11.4 Å². The van der Waals surface area contributed by atoms with Crippen LogP contribution in [0.5, 0.6) is 0 Å². The predicted octanol–water partition coefficient (Wildman–Crippen LogP) is -0.0830. The van der Waals surface area contributed by atoms with E-state index in [2.05, 4.69) is 15.3 Å². The average Bonchev–Trinajstić information content (AvgIpc) is 2.16. The molecule has 0 saturated heterocycles. The monoisotopic (exact) mass is 225 g/mol. The largest absolute Gasteiger partial charge is 0.479 e. The summed E-state index contributed by atoms with van der Waals surface area (Å²) in [4.78, 5) is 29.7. The Bertz CT molecular complexity index is 419. The molecule has 0 spiro atoms. The number of nitrogens with one attached hydrogen (secondary N) is 1. The number of aliphatic carboxylic acids is 1. The molecular weight excluding hydrogens is 214 g/mol. The molecule has 0 aliphatic carbocycles. The molecule has 1 aromatic rings. The molecule has 1 heterocycles. The molecule has 1 rings (SSSR count). The van der Waals surface area contributed by atoms with Crippen LogP contribution in [0.1, 0.15) is 16.1 Å². The number of nitrogens with two attached hydrogens (primary N) is 1. The lowest BCUT2D eigenvalue weighted by atomic mass is 10.2. The van der Waals surface area contributed by atoms with Crippen LogP contribution in [-0.4, -0.2) is 28.6 Å². The number of carbonyl (C=O) groups excluding carboxylic acids is 1. The third kappa shape index (κ3) is 3.54. The van der Waals surface area contributed by atoms with E-state index in [4.69, 9.17) is 10.8 Å². The van der Waals surface area contributed by atoms with Crippen molar-refractivity contribution in [2.24, 2.45) is 5.73 Å². The lowest BCUT2D eigenvalue weighted by Crippen LogP contribution is -2.15. The highest BCUT2D eigenvalue weighted by Gasteiger charge is 2.05. The van der Waals surface area contributed by atoms with E-state index in [9.17, 15) is 9.59 Å². The van der Waals surface area contributed by atoms with E-state index < -0.39 is 18.5 Å². The zero-order valence-corrected chi connectivity index (χ0v) is 8.56. The summed E-state index contributed by atoms with van der Waals surface area (Å²) in [6.07, 6.45) is 0. The summed E-state index contributed by atoms with van der Waals surface area (Å²) >= 11 is 0. The van der Waals surface area contributed by atoms with Gasteiger partial charge in [0.15, 0.2) is 12.4 Å². The number of anilines is 1. The molecule has 0 saturated carbocycles. The van der Waals surface area contributed by atoms with Gasteiger partial charge in [0, 0.05) is 11.3 Å². The first-order valence-electron chi connectivity index (χ1n) is 4.37. The van der Waals surface area contributed by atoms with Gasteiger partial charge in [-0.3, -0.25) is 9.63 Å². The Kier molecular flexibility index (Phi) is 3.78. The van der Waals surface area contributed by atoms with Crippen molar-refractivity contribution >= 4 is 17.7 Å². The van der Waals surface area contributed by atoms with Crippen LogP contribution in [0.4, 0.5) is 5.82 Å². The van der Waals surface area contributed by atoms with Gasteiger partial charge in [-0.15, -0.1) is 0 Å². The second kappa shape index (κ2) is 5.08. The normalized spacial score (nSPS) is 9.81. The first-order chi connectivity index (χ1) is 7.49. The molecule has 7 nitrogen and oxygen atoms in total. The zero-order chi connectivity index (χ0) is 12.1. The number of hydrogen-bond acceptors (Lipinski definition) is 5. The number of aromatic nitrogens is 1. The Morgan fingerprint density at radius 3 is 2.81 bits per heavy atom. The standard InChI is InChI=1S/C9H11N3O4/c1-5-2-6(9(10)15)3-7(11-5)12-16-4-8(13)14/h2-3H,4H2,1H3,(H2,10,15)(H,11,12)(H,13,14). The van der Waals surface area contributed by atoms with Gasteiger partial charge in [-0.1, -0.05) is 0 Å². The average molecular weight is 225 g/mol. The fraction of sp³-hybridized carbons (Fsp3) is 0.222. The van der Waals surface area contributed by atoms with Crippen LogP contribution in [0.15, 0.2) is 12.1 Å². The Hall–Kier alpha value is -2.15. The van der Waals surface area contributed by atoms with Crippen LogP contribution in [0.2, 0.25) is 0 Å². The van der Waals surface area contributed by atoms with Crippen molar-refractivity contribution in [3.05, 3.63) is 23.4 Å². The van der Waals surface area contributed by atoms with Gasteiger partial charge in [-0.25, -0.2) is 15.3 Å². The lowest BCUT2D eigenvalue weighted by molar-refractivity contribution is -0.141. The molecule has 0 radical (unpaired) electrons. The van der Waals surface area contributed by atoms with Crippen molar-refractivity contribution in [1.82, 2.24) is 4.98 Å². The molecule has 0 aliphatic rings. The number of aryl methyl sites for hydroxylation is 1. The van der Waals surface area contributed by atoms with Gasteiger partial charge < -0.3 is 10.8 Å². The molecule has 1 amide bonds. The van der Waals surface area contributed by atoms with Crippen LogP contribution < -0.4 is 11.2 Å². The number of amides is 1. The van der Waals surface area contributed by atoms with Crippen molar-refractivity contribution in [2.75, 3.05) is 12.1 Å². The van der Waals surface area contributed by atoms with E-state index >= 15 is 0 Å². The summed E-state index contributed by atoms with van der Waals surface area (Å²) in [7, 11) is 0. The third-order valence-electron chi connectivity index (χ3n) is 1.61. The molecule has 86 valence electrons. The number of primary amides is 1. The first-order valence-corrected chi connectivity index (χ1v) is 4.37. The van der Waals surface area contributed by atoms with E-state index in [1.807, 2.05) is 0 Å². The SMILES string of the molecule is Cc1cc(C(N)=O)cc(NOCC(=O)O)n1. The number of carbonyl (C=O) groups is 2. The van der Waals surface area contributed by atoms with Crippen molar-refractivity contribution in [1.29, 1.82) is 0 Å². The van der Waals surface area contributed by atoms with Crippen LogP contribution in [-0.2, 0) is 9.63 Å². The molecule has 0 bridgehead atoms. The topological polar surface area (TPSA) is 115 Å². The van der Waals surface area contributed by atoms with E-state index in [0.717, 1.165) is 0 Å². The van der Waals surface area contributed by atoms with Crippen LogP contribution >= 0.6 is 0 Å². The Morgan fingerprint density at radius 2 is 2.25 bits per heavy atom. The van der Waals surface area contributed by atoms with Crippen molar-refractivity contribution in [3.8, 4) is 0 Å². The second-order valence-corrected chi connectivity index (χ2v) is 3.03. The molecule has 0 aromatic carbocycles. The molecule has 16 heavy (non-hydrogen) atoms.